The number of rotatable bonds is 7. The van der Waals surface area contributed by atoms with Crippen molar-refractivity contribution < 1.29 is 14.0 Å². The molecule has 0 bridgehead atoms. The maximum absolute atomic E-state index is 13.0. The van der Waals surface area contributed by atoms with E-state index in [1.165, 1.54) is 12.1 Å². The summed E-state index contributed by atoms with van der Waals surface area (Å²) in [5.41, 5.74) is 5.81. The number of nitrogens with two attached hydrogens (primary N) is 1. The Balaban J connectivity index is 1.59. The summed E-state index contributed by atoms with van der Waals surface area (Å²) in [6, 6.07) is 11.9. The number of H-pyrrole nitrogens is 1. The molecule has 160 valence electrons. The summed E-state index contributed by atoms with van der Waals surface area (Å²) in [5.74, 6) is -1.65. The maximum atomic E-state index is 13.0. The Kier molecular flexibility index (Phi) is 7.27. The molecule has 0 aliphatic rings. The number of benzene rings is 2. The number of anilines is 2. The Bertz CT molecular complexity index is 1170. The van der Waals surface area contributed by atoms with Gasteiger partial charge in [-0.3, -0.25) is 19.4 Å². The van der Waals surface area contributed by atoms with Crippen LogP contribution in [0.2, 0.25) is 5.02 Å². The molecule has 0 saturated carbocycles. The summed E-state index contributed by atoms with van der Waals surface area (Å²) in [4.78, 5) is 43.0. The number of halogens is 2. The van der Waals surface area contributed by atoms with E-state index in [9.17, 15) is 18.8 Å². The lowest BCUT2D eigenvalue weighted by molar-refractivity contribution is -0.118. The van der Waals surface area contributed by atoms with Crippen molar-refractivity contribution in [2.75, 3.05) is 16.8 Å². The molecule has 2 amide bonds. The predicted molar refractivity (Wildman–Crippen MR) is 118 cm³/mol. The van der Waals surface area contributed by atoms with Gasteiger partial charge >= 0.3 is 0 Å². The van der Waals surface area contributed by atoms with Gasteiger partial charge in [0.05, 0.1) is 5.75 Å². The predicted octanol–water partition coefficient (Wildman–Crippen LogP) is 2.81. The molecule has 0 saturated heterocycles. The first-order chi connectivity index (χ1) is 14.8. The van der Waals surface area contributed by atoms with Gasteiger partial charge in [0.2, 0.25) is 5.91 Å². The summed E-state index contributed by atoms with van der Waals surface area (Å²) >= 11 is 7.02. The Morgan fingerprint density at radius 1 is 1.16 bits per heavy atom. The lowest BCUT2D eigenvalue weighted by Crippen LogP contribution is -2.25. The fourth-order valence-electron chi connectivity index (χ4n) is 2.47. The van der Waals surface area contributed by atoms with Gasteiger partial charge in [0.15, 0.2) is 11.0 Å². The van der Waals surface area contributed by atoms with Crippen LogP contribution in [0.25, 0.3) is 0 Å². The molecule has 0 atom stereocenters. The SMILES string of the molecule is Nc1nc(SCC(=O)NCc2ccccc2Cl)[nH]c(=O)c1NC(=O)c1ccc(F)cc1. The number of nitrogens with one attached hydrogen (secondary N) is 3. The largest absolute Gasteiger partial charge is 0.382 e. The smallest absolute Gasteiger partial charge is 0.277 e. The first kappa shape index (κ1) is 22.3. The zero-order valence-corrected chi connectivity index (χ0v) is 17.5. The normalized spacial score (nSPS) is 10.5. The molecule has 11 heteroatoms. The number of thioether (sulfide) groups is 1. The zero-order valence-electron chi connectivity index (χ0n) is 15.9. The molecule has 3 rings (SSSR count). The third-order valence-electron chi connectivity index (χ3n) is 4.04. The lowest BCUT2D eigenvalue weighted by atomic mass is 10.2. The van der Waals surface area contributed by atoms with E-state index in [-0.39, 0.29) is 40.4 Å². The van der Waals surface area contributed by atoms with Gasteiger partial charge in [-0.1, -0.05) is 41.6 Å². The van der Waals surface area contributed by atoms with E-state index in [1.807, 2.05) is 6.07 Å². The van der Waals surface area contributed by atoms with Crippen LogP contribution in [0, 0.1) is 5.82 Å². The molecule has 0 spiro atoms. The number of aromatic amines is 1. The van der Waals surface area contributed by atoms with Crippen molar-refractivity contribution in [3.05, 3.63) is 80.9 Å². The van der Waals surface area contributed by atoms with Gasteiger partial charge in [0.1, 0.15) is 11.5 Å². The number of carbonyl (C=O) groups excluding carboxylic acids is 2. The molecule has 5 N–H and O–H groups in total. The average molecular weight is 462 g/mol. The van der Waals surface area contributed by atoms with E-state index in [2.05, 4.69) is 20.6 Å². The third kappa shape index (κ3) is 6.06. The van der Waals surface area contributed by atoms with Crippen LogP contribution in [0.3, 0.4) is 0 Å². The fourth-order valence-corrected chi connectivity index (χ4v) is 3.37. The molecule has 8 nitrogen and oxygen atoms in total. The highest BCUT2D eigenvalue weighted by Crippen LogP contribution is 2.18. The molecule has 1 aromatic heterocycles. The molecule has 3 aromatic rings. The minimum atomic E-state index is -0.679. The van der Waals surface area contributed by atoms with Crippen LogP contribution in [0.1, 0.15) is 15.9 Å². The number of nitrogens with zero attached hydrogens (tertiary/aromatic N) is 1. The summed E-state index contributed by atoms with van der Waals surface area (Å²) in [7, 11) is 0. The van der Waals surface area contributed by atoms with Crippen LogP contribution >= 0.6 is 23.4 Å². The first-order valence-electron chi connectivity index (χ1n) is 8.93. The van der Waals surface area contributed by atoms with Crippen molar-refractivity contribution in [1.82, 2.24) is 15.3 Å². The topological polar surface area (TPSA) is 130 Å². The summed E-state index contributed by atoms with van der Waals surface area (Å²) in [6.07, 6.45) is 0. The number of nitrogen functional groups attached to an aromatic ring is 1. The monoisotopic (exact) mass is 461 g/mol. The van der Waals surface area contributed by atoms with Crippen molar-refractivity contribution in [2.24, 2.45) is 0 Å². The lowest BCUT2D eigenvalue weighted by Gasteiger charge is -2.09. The molecule has 0 fully saturated rings. The molecular formula is C20H17ClFN5O3S. The van der Waals surface area contributed by atoms with Gasteiger partial charge in [0.25, 0.3) is 11.5 Å². The molecule has 2 aromatic carbocycles. The van der Waals surface area contributed by atoms with Crippen molar-refractivity contribution in [3.63, 3.8) is 0 Å². The van der Waals surface area contributed by atoms with Crippen molar-refractivity contribution in [2.45, 2.75) is 11.7 Å². The van der Waals surface area contributed by atoms with Crippen LogP contribution in [0.4, 0.5) is 15.9 Å². The van der Waals surface area contributed by atoms with E-state index in [4.69, 9.17) is 17.3 Å². The average Bonchev–Trinajstić information content (AvgIpc) is 2.74. The second-order valence-corrected chi connectivity index (χ2v) is 7.62. The Morgan fingerprint density at radius 2 is 1.87 bits per heavy atom. The van der Waals surface area contributed by atoms with Crippen LogP contribution in [-0.2, 0) is 11.3 Å². The van der Waals surface area contributed by atoms with E-state index >= 15 is 0 Å². The molecular weight excluding hydrogens is 445 g/mol. The fraction of sp³-hybridized carbons (Fsp3) is 0.100. The second-order valence-electron chi connectivity index (χ2n) is 6.25. The third-order valence-corrected chi connectivity index (χ3v) is 5.29. The number of hydrogen-bond donors (Lipinski definition) is 4. The minimum Gasteiger partial charge on any atom is -0.382 e. The molecule has 31 heavy (non-hydrogen) atoms. The van der Waals surface area contributed by atoms with Gasteiger partial charge in [-0.2, -0.15) is 0 Å². The molecule has 0 unspecified atom stereocenters. The van der Waals surface area contributed by atoms with Gasteiger partial charge in [-0.15, -0.1) is 0 Å². The Hall–Kier alpha value is -3.37. The van der Waals surface area contributed by atoms with Crippen LogP contribution in [-0.4, -0.2) is 27.5 Å². The maximum Gasteiger partial charge on any atom is 0.277 e. The van der Waals surface area contributed by atoms with Crippen molar-refractivity contribution >= 4 is 46.7 Å². The number of amides is 2. The highest BCUT2D eigenvalue weighted by Gasteiger charge is 2.15. The molecule has 0 aliphatic carbocycles. The van der Waals surface area contributed by atoms with Crippen molar-refractivity contribution in [3.8, 4) is 0 Å². The van der Waals surface area contributed by atoms with Gasteiger partial charge < -0.3 is 16.4 Å². The molecule has 0 radical (unpaired) electrons. The van der Waals surface area contributed by atoms with Gasteiger partial charge in [-0.05, 0) is 35.9 Å². The van der Waals surface area contributed by atoms with Crippen LogP contribution in [0.15, 0.2) is 58.5 Å². The first-order valence-corrected chi connectivity index (χ1v) is 10.3. The second kappa shape index (κ2) is 10.1. The van der Waals surface area contributed by atoms with Gasteiger partial charge in [-0.25, -0.2) is 9.37 Å². The minimum absolute atomic E-state index is 0.0197. The van der Waals surface area contributed by atoms with E-state index in [0.29, 0.717) is 5.02 Å². The van der Waals surface area contributed by atoms with E-state index in [0.717, 1.165) is 29.5 Å². The Labute approximate surface area is 185 Å². The summed E-state index contributed by atoms with van der Waals surface area (Å²) in [5, 5.41) is 5.75. The number of hydrogen-bond acceptors (Lipinski definition) is 6. The highest BCUT2D eigenvalue weighted by molar-refractivity contribution is 7.99. The number of carbonyl (C=O) groups is 2. The van der Waals surface area contributed by atoms with Gasteiger partial charge in [0, 0.05) is 17.1 Å². The Morgan fingerprint density at radius 3 is 2.55 bits per heavy atom. The van der Waals surface area contributed by atoms with Crippen LogP contribution in [0.5, 0.6) is 0 Å². The molecule has 0 aliphatic heterocycles. The highest BCUT2D eigenvalue weighted by atomic mass is 35.5. The standard InChI is InChI=1S/C20H17ClFN5O3S/c21-14-4-2-1-3-12(14)9-24-15(28)10-31-20-26-17(23)16(19(30)27-20)25-18(29)11-5-7-13(22)8-6-11/h1-8H,9-10H2,(H,24,28)(H,25,29)(H3,23,26,27,30). The van der Waals surface area contributed by atoms with E-state index in [1.54, 1.807) is 18.2 Å². The molecule has 1 heterocycles. The summed E-state index contributed by atoms with van der Waals surface area (Å²) in [6.45, 7) is 0.263. The summed E-state index contributed by atoms with van der Waals surface area (Å²) < 4.78 is 13.0. The van der Waals surface area contributed by atoms with Crippen molar-refractivity contribution in [1.29, 1.82) is 0 Å². The zero-order chi connectivity index (χ0) is 22.4. The number of aromatic nitrogens is 2. The quantitative estimate of drug-likeness (QED) is 0.316. The van der Waals surface area contributed by atoms with Crippen LogP contribution < -0.4 is 21.9 Å². The van der Waals surface area contributed by atoms with E-state index < -0.39 is 17.3 Å².